The van der Waals surface area contributed by atoms with Crippen LogP contribution in [0.25, 0.3) is 0 Å². The zero-order valence-electron chi connectivity index (χ0n) is 22.9. The molecule has 1 unspecified atom stereocenters. The van der Waals surface area contributed by atoms with Gasteiger partial charge in [-0.25, -0.2) is 0 Å². The Kier molecular flexibility index (Phi) is 9.37. The molecule has 2 amide bonds. The van der Waals surface area contributed by atoms with Gasteiger partial charge in [0, 0.05) is 49.3 Å². The number of imide groups is 1. The zero-order valence-corrected chi connectivity index (χ0v) is 22.9. The zero-order chi connectivity index (χ0) is 26.4. The van der Waals surface area contributed by atoms with E-state index in [1.54, 1.807) is 0 Å². The highest BCUT2D eigenvalue weighted by Crippen LogP contribution is 2.44. The predicted molar refractivity (Wildman–Crippen MR) is 147 cm³/mol. The number of nitrogens with zero attached hydrogens (tertiary/aromatic N) is 3. The standard InChI is InChI=1S/C27H39N5O3.C2H6/c1-30(24-5-6-25(34)29-26(24)35)16-22-21(17-33)3-2-4-23(22)32-18-27(19-32)9-13-31(14-10-27)15-20-7-11-28-12-8-20;1-2/h2-4,17,20,24,28H,5-16,18-19H2,1H3,(H,29,34,35);1-2H3. The Morgan fingerprint density at radius 3 is 2.43 bits per heavy atom. The molecule has 4 fully saturated rings. The highest BCUT2D eigenvalue weighted by Gasteiger charge is 2.45. The molecule has 1 aromatic carbocycles. The number of anilines is 1. The van der Waals surface area contributed by atoms with Gasteiger partial charge in [0.1, 0.15) is 6.29 Å². The molecule has 204 valence electrons. The summed E-state index contributed by atoms with van der Waals surface area (Å²) in [4.78, 5) is 42.9. The van der Waals surface area contributed by atoms with Crippen LogP contribution >= 0.6 is 0 Å². The maximum absolute atomic E-state index is 12.4. The lowest BCUT2D eigenvalue weighted by Crippen LogP contribution is -2.61. The maximum atomic E-state index is 12.4. The molecule has 4 heterocycles. The molecule has 0 saturated carbocycles. The molecule has 0 aromatic heterocycles. The fourth-order valence-electron chi connectivity index (χ4n) is 6.52. The second-order valence-electron chi connectivity index (χ2n) is 11.2. The Morgan fingerprint density at radius 1 is 1.08 bits per heavy atom. The monoisotopic (exact) mass is 511 g/mol. The van der Waals surface area contributed by atoms with Crippen molar-refractivity contribution in [2.45, 2.75) is 65.0 Å². The molecular weight excluding hydrogens is 466 g/mol. The summed E-state index contributed by atoms with van der Waals surface area (Å²) in [7, 11) is 1.90. The molecule has 4 saturated heterocycles. The molecular formula is C29H45N5O3. The summed E-state index contributed by atoms with van der Waals surface area (Å²) in [5.41, 5.74) is 3.15. The lowest BCUT2D eigenvalue weighted by molar-refractivity contribution is -0.137. The number of aldehydes is 1. The molecule has 37 heavy (non-hydrogen) atoms. The van der Waals surface area contributed by atoms with Crippen molar-refractivity contribution in [3.05, 3.63) is 29.3 Å². The molecule has 4 aliphatic rings. The molecule has 8 heteroatoms. The summed E-state index contributed by atoms with van der Waals surface area (Å²) in [6.07, 6.45) is 6.89. The van der Waals surface area contributed by atoms with Crippen molar-refractivity contribution in [3.63, 3.8) is 0 Å². The van der Waals surface area contributed by atoms with Gasteiger partial charge in [0.25, 0.3) is 0 Å². The Bertz CT molecular complexity index is 945. The number of nitrogens with one attached hydrogen (secondary N) is 2. The van der Waals surface area contributed by atoms with Crippen molar-refractivity contribution in [1.82, 2.24) is 20.4 Å². The topological polar surface area (TPSA) is 85.0 Å². The molecule has 0 aliphatic carbocycles. The Hall–Kier alpha value is -2.29. The van der Waals surface area contributed by atoms with Crippen LogP contribution in [0.3, 0.4) is 0 Å². The van der Waals surface area contributed by atoms with Gasteiger partial charge in [-0.05, 0) is 82.9 Å². The molecule has 1 atom stereocenters. The van der Waals surface area contributed by atoms with Gasteiger partial charge in [0.15, 0.2) is 0 Å². The number of hydrogen-bond acceptors (Lipinski definition) is 7. The molecule has 0 radical (unpaired) electrons. The van der Waals surface area contributed by atoms with Crippen molar-refractivity contribution in [2.24, 2.45) is 11.3 Å². The summed E-state index contributed by atoms with van der Waals surface area (Å²) < 4.78 is 0. The van der Waals surface area contributed by atoms with E-state index in [2.05, 4.69) is 26.5 Å². The van der Waals surface area contributed by atoms with Crippen molar-refractivity contribution in [1.29, 1.82) is 0 Å². The van der Waals surface area contributed by atoms with Gasteiger partial charge in [-0.3, -0.25) is 24.6 Å². The SMILES string of the molecule is CC.CN(Cc1c(C=O)cccc1N1CC2(CCN(CC3CCNCC3)CC2)C1)C1CCC(=O)NC1=O. The van der Waals surface area contributed by atoms with Crippen LogP contribution in [0.5, 0.6) is 0 Å². The summed E-state index contributed by atoms with van der Waals surface area (Å²) in [5.74, 6) is 0.396. The Balaban J connectivity index is 0.00000156. The van der Waals surface area contributed by atoms with Crippen molar-refractivity contribution in [3.8, 4) is 0 Å². The van der Waals surface area contributed by atoms with Gasteiger partial charge < -0.3 is 15.1 Å². The Morgan fingerprint density at radius 2 is 1.78 bits per heavy atom. The molecule has 1 spiro atoms. The number of piperidine rings is 3. The largest absolute Gasteiger partial charge is 0.370 e. The first kappa shape index (κ1) is 27.7. The molecule has 2 N–H and O–H groups in total. The minimum atomic E-state index is -0.354. The lowest BCUT2D eigenvalue weighted by atomic mass is 9.71. The van der Waals surface area contributed by atoms with Crippen molar-refractivity contribution >= 4 is 23.8 Å². The quantitative estimate of drug-likeness (QED) is 0.430. The van der Waals surface area contributed by atoms with Crippen molar-refractivity contribution < 1.29 is 14.4 Å². The first-order valence-corrected chi connectivity index (χ1v) is 14.3. The number of benzene rings is 1. The van der Waals surface area contributed by atoms with E-state index in [9.17, 15) is 14.4 Å². The van der Waals surface area contributed by atoms with E-state index in [1.165, 1.54) is 58.4 Å². The summed E-state index contributed by atoms with van der Waals surface area (Å²) in [5, 5.41) is 5.91. The summed E-state index contributed by atoms with van der Waals surface area (Å²) in [6, 6.07) is 5.58. The van der Waals surface area contributed by atoms with Crippen LogP contribution in [-0.2, 0) is 16.1 Å². The fraction of sp³-hybridized carbons (Fsp3) is 0.690. The molecule has 1 aromatic rings. The molecule has 5 rings (SSSR count). The average molecular weight is 512 g/mol. The number of amides is 2. The highest BCUT2D eigenvalue weighted by molar-refractivity contribution is 6.00. The van der Waals surface area contributed by atoms with Crippen molar-refractivity contribution in [2.75, 3.05) is 57.8 Å². The smallest absolute Gasteiger partial charge is 0.243 e. The predicted octanol–water partition coefficient (Wildman–Crippen LogP) is 2.66. The normalized spacial score (nSPS) is 24.3. The number of hydrogen-bond donors (Lipinski definition) is 2. The molecule has 4 aliphatic heterocycles. The number of carbonyl (C=O) groups excluding carboxylic acids is 3. The van der Waals surface area contributed by atoms with E-state index in [-0.39, 0.29) is 17.9 Å². The van der Waals surface area contributed by atoms with E-state index < -0.39 is 0 Å². The van der Waals surface area contributed by atoms with E-state index >= 15 is 0 Å². The summed E-state index contributed by atoms with van der Waals surface area (Å²) >= 11 is 0. The van der Waals surface area contributed by atoms with Gasteiger partial charge in [-0.1, -0.05) is 26.0 Å². The van der Waals surface area contributed by atoms with Crippen LogP contribution in [0.4, 0.5) is 5.69 Å². The number of carbonyl (C=O) groups is 3. The third-order valence-corrected chi connectivity index (χ3v) is 8.75. The van der Waals surface area contributed by atoms with Crippen LogP contribution in [-0.4, -0.2) is 86.8 Å². The van der Waals surface area contributed by atoms with E-state index in [0.29, 0.717) is 30.4 Å². The first-order chi connectivity index (χ1) is 18.0. The van der Waals surface area contributed by atoms with Crippen LogP contribution in [0.2, 0.25) is 0 Å². The summed E-state index contributed by atoms with van der Waals surface area (Å²) in [6.45, 7) is 12.5. The third-order valence-electron chi connectivity index (χ3n) is 8.75. The minimum Gasteiger partial charge on any atom is -0.370 e. The Labute approximate surface area is 222 Å². The van der Waals surface area contributed by atoms with E-state index in [4.69, 9.17) is 0 Å². The second-order valence-corrected chi connectivity index (χ2v) is 11.2. The van der Waals surface area contributed by atoms with Gasteiger partial charge >= 0.3 is 0 Å². The third kappa shape index (κ3) is 6.41. The van der Waals surface area contributed by atoms with E-state index in [1.807, 2.05) is 37.9 Å². The highest BCUT2D eigenvalue weighted by atomic mass is 16.2. The van der Waals surface area contributed by atoms with Gasteiger partial charge in [-0.2, -0.15) is 0 Å². The van der Waals surface area contributed by atoms with E-state index in [0.717, 1.165) is 36.5 Å². The number of rotatable bonds is 7. The fourth-order valence-corrected chi connectivity index (χ4v) is 6.52. The van der Waals surface area contributed by atoms with Gasteiger partial charge in [-0.15, -0.1) is 0 Å². The average Bonchev–Trinajstić information content (AvgIpc) is 2.90. The van der Waals surface area contributed by atoms with Crippen LogP contribution in [0, 0.1) is 11.3 Å². The number of likely N-dealkylation sites (tertiary alicyclic amines) is 1. The van der Waals surface area contributed by atoms with Gasteiger partial charge in [0.2, 0.25) is 11.8 Å². The van der Waals surface area contributed by atoms with Crippen LogP contribution < -0.4 is 15.5 Å². The van der Waals surface area contributed by atoms with Crippen LogP contribution in [0.1, 0.15) is 68.3 Å². The maximum Gasteiger partial charge on any atom is 0.243 e. The number of likely N-dealkylation sites (N-methyl/N-ethyl adjacent to an activating group) is 1. The lowest BCUT2D eigenvalue weighted by Gasteiger charge is -2.55. The minimum absolute atomic E-state index is 0.207. The molecule has 8 nitrogen and oxygen atoms in total. The second kappa shape index (κ2) is 12.5. The van der Waals surface area contributed by atoms with Gasteiger partial charge in [0.05, 0.1) is 6.04 Å². The molecule has 0 bridgehead atoms. The van der Waals surface area contributed by atoms with Crippen LogP contribution in [0.15, 0.2) is 18.2 Å². The first-order valence-electron chi connectivity index (χ1n) is 14.3.